The smallest absolute Gasteiger partial charge is 0.428 e. The van der Waals surface area contributed by atoms with Crippen LogP contribution in [0.2, 0.25) is 0 Å². The number of halogens is 6. The first kappa shape index (κ1) is 22.9. The van der Waals surface area contributed by atoms with E-state index in [-0.39, 0.29) is 33.6 Å². The van der Waals surface area contributed by atoms with Crippen LogP contribution in [0.1, 0.15) is 36.7 Å². The highest BCUT2D eigenvalue weighted by Gasteiger charge is 2.71. The summed E-state index contributed by atoms with van der Waals surface area (Å²) in [5.74, 6) is -2.63. The third kappa shape index (κ3) is 3.31. The molecule has 31 heavy (non-hydrogen) atoms. The minimum atomic E-state index is -6.10. The Balaban J connectivity index is 2.02. The Morgan fingerprint density at radius 1 is 1.10 bits per heavy atom. The fraction of sp³-hybridized carbons (Fsp3) is 0.444. The minimum Gasteiger partial charge on any atom is -0.448 e. The van der Waals surface area contributed by atoms with E-state index in [4.69, 9.17) is 18.6 Å². The quantitative estimate of drug-likeness (QED) is 0.304. The third-order valence-electron chi connectivity index (χ3n) is 4.65. The van der Waals surface area contributed by atoms with Crippen LogP contribution in [0.15, 0.2) is 16.6 Å². The molecule has 1 aliphatic heterocycles. The Morgan fingerprint density at radius 2 is 1.65 bits per heavy atom. The van der Waals surface area contributed by atoms with Crippen LogP contribution in [-0.4, -0.2) is 41.6 Å². The van der Waals surface area contributed by atoms with Crippen molar-refractivity contribution in [1.82, 2.24) is 0 Å². The van der Waals surface area contributed by atoms with Gasteiger partial charge in [-0.15, -0.1) is 0 Å². The van der Waals surface area contributed by atoms with Gasteiger partial charge in [-0.25, -0.2) is 9.59 Å². The Kier molecular flexibility index (Phi) is 4.87. The van der Waals surface area contributed by atoms with E-state index < -0.39 is 47.8 Å². The highest BCUT2D eigenvalue weighted by Crippen LogP contribution is 2.55. The van der Waals surface area contributed by atoms with Gasteiger partial charge in [-0.1, -0.05) is 6.58 Å². The monoisotopic (exact) mass is 456 g/mol. The number of hydrogen-bond donors (Lipinski definition) is 1. The van der Waals surface area contributed by atoms with Gasteiger partial charge in [-0.05, 0) is 20.8 Å². The van der Waals surface area contributed by atoms with Crippen LogP contribution in [0.4, 0.5) is 26.3 Å². The highest BCUT2D eigenvalue weighted by atomic mass is 19.4. The molecule has 0 aromatic carbocycles. The molecule has 0 unspecified atom stereocenters. The molecule has 3 heterocycles. The van der Waals surface area contributed by atoms with Gasteiger partial charge in [-0.2, -0.15) is 26.3 Å². The number of carbonyl (C=O) groups is 2. The first-order chi connectivity index (χ1) is 13.9. The first-order valence-corrected chi connectivity index (χ1v) is 8.44. The van der Waals surface area contributed by atoms with Gasteiger partial charge in [0.05, 0.1) is 12.2 Å². The van der Waals surface area contributed by atoms with Gasteiger partial charge < -0.3 is 23.7 Å². The van der Waals surface area contributed by atoms with Crippen molar-refractivity contribution in [2.75, 3.05) is 6.61 Å². The molecule has 0 spiro atoms. The summed E-state index contributed by atoms with van der Waals surface area (Å²) in [4.78, 5) is 24.0. The third-order valence-corrected chi connectivity index (χ3v) is 4.65. The Bertz CT molecular complexity index is 1060. The average molecular weight is 456 g/mol. The standard InChI is InChI=1S/C18H14F6O7/c1-6(2)13(25)30-12-10-8(7-9(29-10)11(12)31-14(7)26)15(3,4)28-5-16(27,17(19,20)21)18(22,23)24/h27H,1,5H2,2-4H3. The predicted octanol–water partition coefficient (Wildman–Crippen LogP) is 3.99. The maximum atomic E-state index is 13.0. The molecule has 1 aliphatic rings. The number of alkyl halides is 6. The average Bonchev–Trinajstić information content (AvgIpc) is 3.21. The van der Waals surface area contributed by atoms with Gasteiger partial charge in [0, 0.05) is 11.1 Å². The number of hydrogen-bond acceptors (Lipinski definition) is 7. The Labute approximate surface area is 169 Å². The molecule has 170 valence electrons. The molecular weight excluding hydrogens is 442 g/mol. The molecule has 0 atom stereocenters. The van der Waals surface area contributed by atoms with Gasteiger partial charge in [0.25, 0.3) is 5.60 Å². The van der Waals surface area contributed by atoms with Crippen LogP contribution >= 0.6 is 0 Å². The fourth-order valence-corrected chi connectivity index (χ4v) is 2.92. The van der Waals surface area contributed by atoms with Crippen LogP contribution in [-0.2, 0) is 15.1 Å². The normalized spacial score (nSPS) is 15.0. The molecule has 0 saturated heterocycles. The summed E-state index contributed by atoms with van der Waals surface area (Å²) in [6.45, 7) is 4.53. The molecule has 7 nitrogen and oxygen atoms in total. The van der Waals surface area contributed by atoms with Crippen LogP contribution < -0.4 is 9.47 Å². The van der Waals surface area contributed by atoms with Crippen LogP contribution in [0, 0.1) is 0 Å². The minimum absolute atomic E-state index is 0.0486. The molecule has 3 rings (SSSR count). The number of carbonyl (C=O) groups excluding carboxylic acids is 2. The van der Waals surface area contributed by atoms with Crippen molar-refractivity contribution < 1.29 is 59.7 Å². The molecular formula is C18H14F6O7. The van der Waals surface area contributed by atoms with E-state index in [2.05, 4.69) is 6.58 Å². The summed E-state index contributed by atoms with van der Waals surface area (Å²) >= 11 is 0. The first-order valence-electron chi connectivity index (χ1n) is 8.44. The second-order valence-electron chi connectivity index (χ2n) is 7.38. The molecule has 0 radical (unpaired) electrons. The second-order valence-corrected chi connectivity index (χ2v) is 7.38. The lowest BCUT2D eigenvalue weighted by Crippen LogP contribution is -2.60. The lowest BCUT2D eigenvalue weighted by atomic mass is 9.92. The topological polar surface area (TPSA) is 95.2 Å². The van der Waals surface area contributed by atoms with Crippen molar-refractivity contribution in [2.24, 2.45) is 0 Å². The van der Waals surface area contributed by atoms with Gasteiger partial charge in [0.1, 0.15) is 5.56 Å². The van der Waals surface area contributed by atoms with Gasteiger partial charge >= 0.3 is 24.3 Å². The van der Waals surface area contributed by atoms with Crippen molar-refractivity contribution in [1.29, 1.82) is 0 Å². The summed E-state index contributed by atoms with van der Waals surface area (Å²) in [7, 11) is 0. The summed E-state index contributed by atoms with van der Waals surface area (Å²) in [5.41, 5.74) is -8.42. The van der Waals surface area contributed by atoms with E-state index in [1.165, 1.54) is 6.92 Å². The number of benzene rings is 1. The lowest BCUT2D eigenvalue weighted by Gasteiger charge is -2.35. The zero-order valence-corrected chi connectivity index (χ0v) is 16.1. The fourth-order valence-electron chi connectivity index (χ4n) is 2.92. The largest absolute Gasteiger partial charge is 0.448 e. The number of esters is 2. The number of aliphatic hydroxyl groups is 1. The maximum absolute atomic E-state index is 13.0. The molecule has 0 fully saturated rings. The van der Waals surface area contributed by atoms with E-state index in [0.717, 1.165) is 13.8 Å². The second kappa shape index (κ2) is 6.60. The number of rotatable bonds is 6. The van der Waals surface area contributed by atoms with E-state index in [1.54, 1.807) is 0 Å². The Hall–Kier alpha value is -2.80. The number of ether oxygens (including phenoxy) is 3. The summed E-state index contributed by atoms with van der Waals surface area (Å²) in [6, 6.07) is 0. The SMILES string of the molecule is C=C(C)C(=O)Oc1c2c3oc1c(C(C)(C)OCC(O)(C(F)(F)F)C(F)(F)F)c3C(=O)O2. The molecule has 0 amide bonds. The molecule has 0 aliphatic carbocycles. The van der Waals surface area contributed by atoms with Crippen molar-refractivity contribution in [3.63, 3.8) is 0 Å². The molecule has 2 aromatic heterocycles. The van der Waals surface area contributed by atoms with Crippen molar-refractivity contribution in [3.05, 3.63) is 23.3 Å². The molecule has 2 bridgehead atoms. The maximum Gasteiger partial charge on any atom is 0.428 e. The molecule has 0 saturated carbocycles. The number of furan rings is 2. The Morgan fingerprint density at radius 3 is 2.13 bits per heavy atom. The van der Waals surface area contributed by atoms with Crippen LogP contribution in [0.25, 0.3) is 11.2 Å². The zero-order chi connectivity index (χ0) is 23.7. The van der Waals surface area contributed by atoms with E-state index >= 15 is 0 Å². The molecule has 1 N–H and O–H groups in total. The molecule has 13 heteroatoms. The van der Waals surface area contributed by atoms with Crippen LogP contribution in [0.5, 0.6) is 11.5 Å². The van der Waals surface area contributed by atoms with Gasteiger partial charge in [-0.3, -0.25) is 0 Å². The highest BCUT2D eigenvalue weighted by molar-refractivity contribution is 6.13. The summed E-state index contributed by atoms with van der Waals surface area (Å²) in [6.07, 6.45) is -12.2. The molecule has 2 aromatic rings. The number of fused-ring (bicyclic) bond motifs is 1. The van der Waals surface area contributed by atoms with E-state index in [0.29, 0.717) is 0 Å². The van der Waals surface area contributed by atoms with Crippen molar-refractivity contribution in [2.45, 2.75) is 44.3 Å². The predicted molar refractivity (Wildman–Crippen MR) is 88.8 cm³/mol. The van der Waals surface area contributed by atoms with Gasteiger partial charge in [0.2, 0.25) is 11.5 Å². The van der Waals surface area contributed by atoms with Crippen molar-refractivity contribution >= 4 is 23.1 Å². The van der Waals surface area contributed by atoms with E-state index in [9.17, 15) is 41.0 Å². The van der Waals surface area contributed by atoms with Gasteiger partial charge in [0.15, 0.2) is 11.2 Å². The van der Waals surface area contributed by atoms with Crippen LogP contribution in [0.3, 0.4) is 0 Å². The zero-order valence-electron chi connectivity index (χ0n) is 16.1. The lowest BCUT2D eigenvalue weighted by molar-refractivity contribution is -0.382. The summed E-state index contributed by atoms with van der Waals surface area (Å²) < 4.78 is 97.9. The summed E-state index contributed by atoms with van der Waals surface area (Å²) in [5, 5.41) is 9.32. The van der Waals surface area contributed by atoms with E-state index in [1.807, 2.05) is 0 Å². The van der Waals surface area contributed by atoms with Crippen molar-refractivity contribution in [3.8, 4) is 11.5 Å².